The van der Waals surface area contributed by atoms with Gasteiger partial charge in [-0.2, -0.15) is 0 Å². The van der Waals surface area contributed by atoms with E-state index < -0.39 is 11.8 Å². The number of nitrogen functional groups attached to an aromatic ring is 1. The first-order valence-corrected chi connectivity index (χ1v) is 10.3. The summed E-state index contributed by atoms with van der Waals surface area (Å²) in [7, 11) is 0. The lowest BCUT2D eigenvalue weighted by Gasteiger charge is -2.12. The van der Waals surface area contributed by atoms with Crippen LogP contribution in [0, 0.1) is 19.7 Å². The minimum Gasteiger partial charge on any atom is -0.397 e. The molecule has 9 nitrogen and oxygen atoms in total. The van der Waals surface area contributed by atoms with Crippen LogP contribution in [0.5, 0.6) is 0 Å². The van der Waals surface area contributed by atoms with Crippen LogP contribution in [0.15, 0.2) is 22.7 Å². The minimum absolute atomic E-state index is 0.0940. The number of carbonyl (C=O) groups excluding carboxylic acids is 2. The van der Waals surface area contributed by atoms with Gasteiger partial charge >= 0.3 is 6.03 Å². The lowest BCUT2D eigenvalue weighted by Crippen LogP contribution is -2.20. The maximum atomic E-state index is 14.8. The number of urea groups is 1. The van der Waals surface area contributed by atoms with E-state index in [0.29, 0.717) is 34.0 Å². The van der Waals surface area contributed by atoms with E-state index in [2.05, 4.69) is 26.1 Å². The average Bonchev–Trinajstić information content (AvgIpc) is 3.37. The van der Waals surface area contributed by atoms with Crippen LogP contribution in [-0.4, -0.2) is 22.1 Å². The third kappa shape index (κ3) is 4.19. The number of benzene rings is 1. The van der Waals surface area contributed by atoms with Gasteiger partial charge in [-0.3, -0.25) is 10.1 Å². The first-order valence-electron chi connectivity index (χ1n) is 10.3. The molecular formula is C23H25FN6O3. The van der Waals surface area contributed by atoms with Crippen molar-refractivity contribution in [3.05, 3.63) is 52.3 Å². The molecule has 33 heavy (non-hydrogen) atoms. The number of hydrogen-bond acceptors (Lipinski definition) is 5. The number of anilines is 4. The van der Waals surface area contributed by atoms with Gasteiger partial charge in [-0.1, -0.05) is 25.9 Å². The lowest BCUT2D eigenvalue weighted by molar-refractivity contribution is -0.110. The van der Waals surface area contributed by atoms with Crippen LogP contribution >= 0.6 is 0 Å². The molecule has 1 aromatic carbocycles. The molecule has 2 aromatic heterocycles. The van der Waals surface area contributed by atoms with E-state index in [1.54, 1.807) is 12.1 Å². The second-order valence-corrected chi connectivity index (χ2v) is 9.00. The summed E-state index contributed by atoms with van der Waals surface area (Å²) < 4.78 is 20.0. The normalized spacial score (nSPS) is 14.4. The number of carbonyl (C=O) groups is 2. The number of fused-ring (bicyclic) bond motifs is 1. The van der Waals surface area contributed by atoms with E-state index in [1.165, 1.54) is 12.1 Å². The molecule has 10 heteroatoms. The summed E-state index contributed by atoms with van der Waals surface area (Å²) in [6.07, 6.45) is 1.64. The average molecular weight is 452 g/mol. The standard InChI is InChI=1S/C23H25FN6O3/c1-10-15(26-11(2)20(10)25)7-13-12-6-14(24)17(8-16(12)27-21(13)31)28-22(32)29-19-9-18(33-30-19)23(3,4)5/h6-9,26H,25H2,1-5H3,(H,27,31)(H2,28,29,30,32)/b13-7-. The highest BCUT2D eigenvalue weighted by molar-refractivity contribution is 6.35. The summed E-state index contributed by atoms with van der Waals surface area (Å²) in [5.74, 6) is -0.277. The molecule has 3 aromatic rings. The Labute approximate surface area is 189 Å². The Hall–Kier alpha value is -4.08. The lowest BCUT2D eigenvalue weighted by atomic mass is 9.93. The number of nitrogens with two attached hydrogens (primary N) is 1. The molecule has 0 bridgehead atoms. The zero-order valence-corrected chi connectivity index (χ0v) is 18.9. The summed E-state index contributed by atoms with van der Waals surface area (Å²) >= 11 is 0. The molecule has 0 saturated carbocycles. The van der Waals surface area contributed by atoms with Gasteiger partial charge in [0.2, 0.25) is 0 Å². The van der Waals surface area contributed by atoms with Crippen molar-refractivity contribution in [2.24, 2.45) is 0 Å². The first-order chi connectivity index (χ1) is 15.4. The monoisotopic (exact) mass is 452 g/mol. The number of aromatic amines is 1. The van der Waals surface area contributed by atoms with E-state index in [1.807, 2.05) is 34.6 Å². The molecule has 0 radical (unpaired) electrons. The summed E-state index contributed by atoms with van der Waals surface area (Å²) in [5.41, 5.74) is 9.57. The Balaban J connectivity index is 1.56. The molecular weight excluding hydrogens is 427 g/mol. The Kier molecular flexibility index (Phi) is 5.23. The third-order valence-electron chi connectivity index (χ3n) is 5.45. The Morgan fingerprint density at radius 2 is 1.94 bits per heavy atom. The van der Waals surface area contributed by atoms with Crippen LogP contribution in [0.1, 0.15) is 49.0 Å². The van der Waals surface area contributed by atoms with Gasteiger partial charge in [0.1, 0.15) is 11.6 Å². The quantitative estimate of drug-likeness (QED) is 0.364. The van der Waals surface area contributed by atoms with Gasteiger partial charge in [0, 0.05) is 28.4 Å². The highest BCUT2D eigenvalue weighted by Crippen LogP contribution is 2.37. The van der Waals surface area contributed by atoms with Crippen LogP contribution in [0.2, 0.25) is 0 Å². The van der Waals surface area contributed by atoms with Gasteiger partial charge < -0.3 is 25.9 Å². The molecule has 0 atom stereocenters. The number of amides is 3. The Morgan fingerprint density at radius 1 is 1.21 bits per heavy atom. The van der Waals surface area contributed by atoms with E-state index in [0.717, 1.165) is 11.3 Å². The van der Waals surface area contributed by atoms with Crippen molar-refractivity contribution in [3.63, 3.8) is 0 Å². The van der Waals surface area contributed by atoms with E-state index >= 15 is 0 Å². The number of H-pyrrole nitrogens is 1. The van der Waals surface area contributed by atoms with Gasteiger partial charge in [0.05, 0.1) is 22.6 Å². The van der Waals surface area contributed by atoms with Crippen molar-refractivity contribution >= 4 is 46.5 Å². The van der Waals surface area contributed by atoms with Crippen LogP contribution in [0.4, 0.5) is 32.1 Å². The Bertz CT molecular complexity index is 1310. The van der Waals surface area contributed by atoms with Crippen molar-refractivity contribution < 1.29 is 18.5 Å². The number of aryl methyl sites for hydroxylation is 1. The predicted octanol–water partition coefficient (Wildman–Crippen LogP) is 4.78. The van der Waals surface area contributed by atoms with Crippen LogP contribution < -0.4 is 21.7 Å². The molecule has 1 aliphatic rings. The molecule has 6 N–H and O–H groups in total. The second-order valence-electron chi connectivity index (χ2n) is 9.00. The number of nitrogens with zero attached hydrogens (tertiary/aromatic N) is 1. The van der Waals surface area contributed by atoms with E-state index in [4.69, 9.17) is 10.3 Å². The van der Waals surface area contributed by atoms with Crippen LogP contribution in [0.25, 0.3) is 11.6 Å². The SMILES string of the molecule is Cc1[nH]c(/C=C2\C(=O)Nc3cc(NC(=O)Nc4cc(C(C)(C)C)on4)c(F)cc32)c(C)c1N. The number of hydrogen-bond donors (Lipinski definition) is 5. The van der Waals surface area contributed by atoms with Crippen LogP contribution in [-0.2, 0) is 10.2 Å². The van der Waals surface area contributed by atoms with Crippen molar-refractivity contribution in [2.45, 2.75) is 40.0 Å². The molecule has 172 valence electrons. The fourth-order valence-electron chi connectivity index (χ4n) is 3.49. The topological polar surface area (TPSA) is 138 Å². The second kappa shape index (κ2) is 7.80. The fraction of sp³-hybridized carbons (Fsp3) is 0.261. The molecule has 1 aliphatic heterocycles. The minimum atomic E-state index is -0.698. The van der Waals surface area contributed by atoms with Crippen molar-refractivity contribution in [1.29, 1.82) is 0 Å². The first kappa shape index (κ1) is 22.1. The molecule has 0 fully saturated rings. The summed E-state index contributed by atoms with van der Waals surface area (Å²) in [6, 6.07) is 3.48. The van der Waals surface area contributed by atoms with Gasteiger partial charge in [0.15, 0.2) is 5.82 Å². The number of nitrogens with one attached hydrogen (secondary N) is 4. The van der Waals surface area contributed by atoms with E-state index in [9.17, 15) is 14.0 Å². The third-order valence-corrected chi connectivity index (χ3v) is 5.45. The number of rotatable bonds is 3. The van der Waals surface area contributed by atoms with Gasteiger partial charge in [-0.05, 0) is 37.6 Å². The highest BCUT2D eigenvalue weighted by Gasteiger charge is 2.27. The largest absolute Gasteiger partial charge is 0.397 e. The van der Waals surface area contributed by atoms with Gasteiger partial charge in [-0.25, -0.2) is 9.18 Å². The fourth-order valence-corrected chi connectivity index (χ4v) is 3.49. The molecule has 4 rings (SSSR count). The summed E-state index contributed by atoms with van der Waals surface area (Å²) in [5, 5.41) is 11.4. The smallest absolute Gasteiger partial charge is 0.325 e. The highest BCUT2D eigenvalue weighted by atomic mass is 19.1. The maximum absolute atomic E-state index is 14.8. The van der Waals surface area contributed by atoms with E-state index in [-0.39, 0.29) is 22.8 Å². The maximum Gasteiger partial charge on any atom is 0.325 e. The van der Waals surface area contributed by atoms with Gasteiger partial charge in [0.25, 0.3) is 5.91 Å². The van der Waals surface area contributed by atoms with Crippen LogP contribution in [0.3, 0.4) is 0 Å². The van der Waals surface area contributed by atoms with Crippen molar-refractivity contribution in [2.75, 3.05) is 21.7 Å². The van der Waals surface area contributed by atoms with Crippen molar-refractivity contribution in [1.82, 2.24) is 10.1 Å². The molecule has 0 saturated heterocycles. The predicted molar refractivity (Wildman–Crippen MR) is 125 cm³/mol. The zero-order chi connectivity index (χ0) is 24.1. The zero-order valence-electron chi connectivity index (χ0n) is 18.9. The Morgan fingerprint density at radius 3 is 2.55 bits per heavy atom. The number of aromatic nitrogens is 2. The van der Waals surface area contributed by atoms with Gasteiger partial charge in [-0.15, -0.1) is 0 Å². The molecule has 3 heterocycles. The molecule has 0 aliphatic carbocycles. The molecule has 3 amide bonds. The molecule has 0 spiro atoms. The van der Waals surface area contributed by atoms with Crippen molar-refractivity contribution in [3.8, 4) is 0 Å². The summed E-state index contributed by atoms with van der Waals surface area (Å²) in [4.78, 5) is 28.0. The number of halogens is 1. The molecule has 0 unspecified atom stereocenters. The summed E-state index contributed by atoms with van der Waals surface area (Å²) in [6.45, 7) is 9.51.